The number of nitrogens with one attached hydrogen (secondary N) is 2. The van der Waals surface area contributed by atoms with Crippen molar-refractivity contribution in [3.05, 3.63) is 40.4 Å². The number of carbonyl (C=O) groups excluding carboxylic acids is 1. The largest absolute Gasteiger partial charge is 0.356 e. The first-order valence-electron chi connectivity index (χ1n) is 8.57. The maximum Gasteiger partial charge on any atom is 0.261 e. The molecule has 1 aliphatic rings. The second kappa shape index (κ2) is 8.97. The van der Waals surface area contributed by atoms with Crippen LogP contribution in [0.15, 0.2) is 29.3 Å². The van der Waals surface area contributed by atoms with Crippen molar-refractivity contribution >= 4 is 29.2 Å². The van der Waals surface area contributed by atoms with Crippen molar-refractivity contribution in [3.63, 3.8) is 0 Å². The number of hydrogen-bond acceptors (Lipinski definition) is 4. The first kappa shape index (κ1) is 19.4. The summed E-state index contributed by atoms with van der Waals surface area (Å²) in [6.07, 6.45) is 4.03. The highest BCUT2D eigenvalue weighted by Gasteiger charge is 2.14. The van der Waals surface area contributed by atoms with Gasteiger partial charge < -0.3 is 10.6 Å². The average molecular weight is 365 g/mol. The van der Waals surface area contributed by atoms with Gasteiger partial charge >= 0.3 is 0 Å². The van der Waals surface area contributed by atoms with E-state index in [0.717, 1.165) is 30.6 Å². The molecule has 1 atom stereocenters. The van der Waals surface area contributed by atoms with Crippen LogP contribution in [-0.4, -0.2) is 35.1 Å². The molecule has 6 nitrogen and oxygen atoms in total. The van der Waals surface area contributed by atoms with E-state index in [0.29, 0.717) is 30.8 Å². The van der Waals surface area contributed by atoms with Crippen molar-refractivity contribution < 1.29 is 4.79 Å². The van der Waals surface area contributed by atoms with E-state index < -0.39 is 0 Å². The second-order valence-corrected chi connectivity index (χ2v) is 6.46. The minimum atomic E-state index is -0.0893. The normalized spacial score (nSPS) is 16.6. The average Bonchev–Trinajstić information content (AvgIpc) is 3.08. The number of halogens is 1. The summed E-state index contributed by atoms with van der Waals surface area (Å²) in [4.78, 5) is 28.8. The maximum atomic E-state index is 12.5. The Morgan fingerprint density at radius 1 is 1.44 bits per heavy atom. The molecule has 2 N–H and O–H groups in total. The molecule has 1 saturated heterocycles. The molecule has 0 saturated carbocycles. The summed E-state index contributed by atoms with van der Waals surface area (Å²) in [6.45, 7) is 5.12. The molecule has 25 heavy (non-hydrogen) atoms. The lowest BCUT2D eigenvalue weighted by Crippen LogP contribution is -2.29. The van der Waals surface area contributed by atoms with Crippen molar-refractivity contribution in [1.82, 2.24) is 20.2 Å². The lowest BCUT2D eigenvalue weighted by Gasteiger charge is -2.10. The first-order valence-corrected chi connectivity index (χ1v) is 8.57. The van der Waals surface area contributed by atoms with Gasteiger partial charge in [0, 0.05) is 19.5 Å². The van der Waals surface area contributed by atoms with Crippen molar-refractivity contribution in [2.24, 2.45) is 5.92 Å². The zero-order chi connectivity index (χ0) is 16.9. The maximum absolute atomic E-state index is 12.5. The molecular formula is C18H25ClN4O2. The summed E-state index contributed by atoms with van der Waals surface area (Å²) in [5.74, 6) is 0.651. The number of benzene rings is 1. The van der Waals surface area contributed by atoms with Crippen LogP contribution in [0.2, 0.25) is 0 Å². The monoisotopic (exact) mass is 364 g/mol. The van der Waals surface area contributed by atoms with Gasteiger partial charge in [-0.2, -0.15) is 0 Å². The lowest BCUT2D eigenvalue weighted by molar-refractivity contribution is -0.121. The third kappa shape index (κ3) is 4.80. The molecule has 1 fully saturated rings. The van der Waals surface area contributed by atoms with Crippen LogP contribution < -0.4 is 16.2 Å². The van der Waals surface area contributed by atoms with Gasteiger partial charge in [-0.05, 0) is 50.4 Å². The highest BCUT2D eigenvalue weighted by molar-refractivity contribution is 5.85. The van der Waals surface area contributed by atoms with E-state index in [1.807, 2.05) is 19.1 Å². The molecular weight excluding hydrogens is 340 g/mol. The van der Waals surface area contributed by atoms with E-state index in [-0.39, 0.29) is 23.9 Å². The van der Waals surface area contributed by atoms with Gasteiger partial charge in [0.25, 0.3) is 5.56 Å². The van der Waals surface area contributed by atoms with E-state index in [1.54, 1.807) is 6.07 Å². The number of aryl methyl sites for hydroxylation is 2. The van der Waals surface area contributed by atoms with Crippen molar-refractivity contribution in [1.29, 1.82) is 0 Å². The van der Waals surface area contributed by atoms with Crippen LogP contribution in [0.3, 0.4) is 0 Å². The van der Waals surface area contributed by atoms with E-state index in [2.05, 4.69) is 15.6 Å². The van der Waals surface area contributed by atoms with Gasteiger partial charge in [0.1, 0.15) is 0 Å². The summed E-state index contributed by atoms with van der Waals surface area (Å²) in [6, 6.07) is 5.58. The topological polar surface area (TPSA) is 76.0 Å². The van der Waals surface area contributed by atoms with E-state index in [1.165, 1.54) is 17.3 Å². The minimum absolute atomic E-state index is 0. The Kier molecular flexibility index (Phi) is 6.96. The molecule has 2 aromatic rings. The Balaban J connectivity index is 0.00000225. The molecule has 0 aliphatic carbocycles. The van der Waals surface area contributed by atoms with Crippen molar-refractivity contribution in [3.8, 4) is 0 Å². The van der Waals surface area contributed by atoms with E-state index >= 15 is 0 Å². The zero-order valence-electron chi connectivity index (χ0n) is 14.5. The number of fused-ring (bicyclic) bond motifs is 1. The standard InChI is InChI=1S/C18H24N4O2.ClH/c1-13-3-2-4-15-17(13)21-12-22(18(15)24)10-7-16(23)20-9-6-14-5-8-19-11-14;/h2-4,12,14,19H,5-11H2,1H3,(H,20,23);1H. The van der Waals surface area contributed by atoms with Crippen LogP contribution in [0, 0.1) is 12.8 Å². The number of amides is 1. The van der Waals surface area contributed by atoms with Crippen LogP contribution in [0.25, 0.3) is 10.9 Å². The molecule has 7 heteroatoms. The van der Waals surface area contributed by atoms with Gasteiger partial charge in [-0.1, -0.05) is 12.1 Å². The van der Waals surface area contributed by atoms with Crippen molar-refractivity contribution in [2.75, 3.05) is 19.6 Å². The van der Waals surface area contributed by atoms with Crippen LogP contribution in [-0.2, 0) is 11.3 Å². The second-order valence-electron chi connectivity index (χ2n) is 6.46. The third-order valence-corrected chi connectivity index (χ3v) is 4.67. The third-order valence-electron chi connectivity index (χ3n) is 4.67. The molecule has 2 heterocycles. The van der Waals surface area contributed by atoms with Crippen molar-refractivity contribution in [2.45, 2.75) is 32.7 Å². The van der Waals surface area contributed by atoms with Gasteiger partial charge in [0.05, 0.1) is 17.2 Å². The Morgan fingerprint density at radius 3 is 3.04 bits per heavy atom. The minimum Gasteiger partial charge on any atom is -0.356 e. The summed E-state index contributed by atoms with van der Waals surface area (Å²) in [5, 5.41) is 6.87. The fourth-order valence-electron chi connectivity index (χ4n) is 3.18. The van der Waals surface area contributed by atoms with E-state index in [4.69, 9.17) is 0 Å². The summed E-state index contributed by atoms with van der Waals surface area (Å²) >= 11 is 0. The molecule has 0 spiro atoms. The Labute approximate surface area is 153 Å². The number of carbonyl (C=O) groups is 1. The summed E-state index contributed by atoms with van der Waals surface area (Å²) in [7, 11) is 0. The number of hydrogen-bond donors (Lipinski definition) is 2. The van der Waals surface area contributed by atoms with Gasteiger partial charge in [0.15, 0.2) is 0 Å². The molecule has 1 aromatic heterocycles. The Morgan fingerprint density at radius 2 is 2.28 bits per heavy atom. The predicted molar refractivity (Wildman–Crippen MR) is 101 cm³/mol. The highest BCUT2D eigenvalue weighted by Crippen LogP contribution is 2.12. The molecule has 1 amide bonds. The first-order chi connectivity index (χ1) is 11.6. The van der Waals surface area contributed by atoms with Gasteiger partial charge in [-0.25, -0.2) is 4.98 Å². The molecule has 3 rings (SSSR count). The fraction of sp³-hybridized carbons (Fsp3) is 0.500. The molecule has 0 radical (unpaired) electrons. The fourth-order valence-corrected chi connectivity index (χ4v) is 3.18. The van der Waals surface area contributed by atoms with Crippen LogP contribution in [0.1, 0.15) is 24.8 Å². The highest BCUT2D eigenvalue weighted by atomic mass is 35.5. The van der Waals surface area contributed by atoms with Crippen LogP contribution in [0.4, 0.5) is 0 Å². The quantitative estimate of drug-likeness (QED) is 0.817. The van der Waals surface area contributed by atoms with Gasteiger partial charge in [-0.15, -0.1) is 12.4 Å². The van der Waals surface area contributed by atoms with Gasteiger partial charge in [-0.3, -0.25) is 14.2 Å². The Hall–Kier alpha value is -1.92. The number of nitrogens with zero attached hydrogens (tertiary/aromatic N) is 2. The molecule has 136 valence electrons. The summed E-state index contributed by atoms with van der Waals surface area (Å²) in [5.41, 5.74) is 1.62. The zero-order valence-corrected chi connectivity index (χ0v) is 15.3. The predicted octanol–water partition coefficient (Wildman–Crippen LogP) is 1.63. The molecule has 1 aliphatic heterocycles. The Bertz CT molecular complexity index is 784. The molecule has 0 bridgehead atoms. The number of rotatable bonds is 6. The van der Waals surface area contributed by atoms with Crippen LogP contribution in [0.5, 0.6) is 0 Å². The van der Waals surface area contributed by atoms with E-state index in [9.17, 15) is 9.59 Å². The SMILES string of the molecule is Cc1cccc2c(=O)n(CCC(=O)NCCC3CCNC3)cnc12.Cl. The van der Waals surface area contributed by atoms with Crippen LogP contribution >= 0.6 is 12.4 Å². The molecule has 1 aromatic carbocycles. The molecule has 1 unspecified atom stereocenters. The smallest absolute Gasteiger partial charge is 0.261 e. The summed E-state index contributed by atoms with van der Waals surface area (Å²) < 4.78 is 1.52. The number of para-hydroxylation sites is 1. The van der Waals surface area contributed by atoms with Gasteiger partial charge in [0.2, 0.25) is 5.91 Å². The number of aromatic nitrogens is 2. The lowest BCUT2D eigenvalue weighted by atomic mass is 10.1.